The van der Waals surface area contributed by atoms with Crippen molar-refractivity contribution >= 4 is 5.97 Å². The lowest BCUT2D eigenvalue weighted by molar-refractivity contribution is -0.142. The molecule has 0 aromatic carbocycles. The first-order valence-corrected chi connectivity index (χ1v) is 5.11. The Morgan fingerprint density at radius 3 is 2.83 bits per heavy atom. The van der Waals surface area contributed by atoms with Crippen LogP contribution >= 0.6 is 0 Å². The van der Waals surface area contributed by atoms with Crippen molar-refractivity contribution in [2.45, 2.75) is 19.5 Å². The molecule has 0 atom stereocenters. The van der Waals surface area contributed by atoms with Crippen molar-refractivity contribution in [3.63, 3.8) is 0 Å². The minimum atomic E-state index is -4.50. The summed E-state index contributed by atoms with van der Waals surface area (Å²) in [5.41, 5.74) is -0.855. The van der Waals surface area contributed by atoms with Crippen molar-refractivity contribution in [2.24, 2.45) is 0 Å². The van der Waals surface area contributed by atoms with E-state index in [1.807, 2.05) is 0 Å². The van der Waals surface area contributed by atoms with Gasteiger partial charge in [-0.2, -0.15) is 13.2 Å². The molecule has 0 fully saturated rings. The first kappa shape index (κ1) is 14.0. The van der Waals surface area contributed by atoms with Crippen LogP contribution in [-0.2, 0) is 15.7 Å². The third-order valence-corrected chi connectivity index (χ3v) is 1.82. The first-order chi connectivity index (χ1) is 8.43. The number of carbonyl (C=O) groups excluding carboxylic acids is 1. The fraction of sp³-hybridized carbons (Fsp3) is 0.333. The van der Waals surface area contributed by atoms with Crippen LogP contribution in [0.1, 0.15) is 24.6 Å². The molecule has 0 aliphatic heterocycles. The van der Waals surface area contributed by atoms with Gasteiger partial charge in [0, 0.05) is 11.8 Å². The maximum Gasteiger partial charge on any atom is 0.433 e. The quantitative estimate of drug-likeness (QED) is 0.603. The lowest BCUT2D eigenvalue weighted by Gasteiger charge is -2.04. The molecule has 1 rings (SSSR count). The van der Waals surface area contributed by atoms with Crippen LogP contribution in [0.4, 0.5) is 13.2 Å². The minimum Gasteiger partial charge on any atom is -0.465 e. The number of hydrogen-bond acceptors (Lipinski definition) is 3. The molecule has 0 unspecified atom stereocenters. The molecule has 0 saturated carbocycles. The second kappa shape index (κ2) is 6.05. The molecular formula is C12H10F3NO2. The van der Waals surface area contributed by atoms with Crippen LogP contribution in [0.5, 0.6) is 0 Å². The van der Waals surface area contributed by atoms with Gasteiger partial charge >= 0.3 is 12.1 Å². The topological polar surface area (TPSA) is 39.2 Å². The number of hydrogen-bond donors (Lipinski definition) is 0. The highest BCUT2D eigenvalue weighted by Gasteiger charge is 2.32. The van der Waals surface area contributed by atoms with Gasteiger partial charge < -0.3 is 4.74 Å². The number of pyridine rings is 1. The first-order valence-electron chi connectivity index (χ1n) is 5.11. The number of alkyl halides is 3. The van der Waals surface area contributed by atoms with Crippen molar-refractivity contribution in [3.8, 4) is 11.8 Å². The van der Waals surface area contributed by atoms with Gasteiger partial charge in [0.25, 0.3) is 0 Å². The Balaban J connectivity index is 2.74. The Bertz CT molecular complexity index is 486. The average molecular weight is 257 g/mol. The smallest absolute Gasteiger partial charge is 0.433 e. The van der Waals surface area contributed by atoms with Crippen LogP contribution in [0.15, 0.2) is 18.3 Å². The summed E-state index contributed by atoms with van der Waals surface area (Å²) in [6, 6.07) is 2.17. The Morgan fingerprint density at radius 2 is 2.22 bits per heavy atom. The zero-order valence-corrected chi connectivity index (χ0v) is 9.54. The van der Waals surface area contributed by atoms with Gasteiger partial charge in [-0.25, -0.2) is 0 Å². The average Bonchev–Trinajstić information content (AvgIpc) is 2.29. The molecule has 0 aliphatic carbocycles. The highest BCUT2D eigenvalue weighted by molar-refractivity contribution is 5.72. The highest BCUT2D eigenvalue weighted by atomic mass is 19.4. The Kier molecular flexibility index (Phi) is 4.72. The van der Waals surface area contributed by atoms with Gasteiger partial charge in [0.05, 0.1) is 6.61 Å². The molecule has 18 heavy (non-hydrogen) atoms. The van der Waals surface area contributed by atoms with Gasteiger partial charge in [0.2, 0.25) is 0 Å². The van der Waals surface area contributed by atoms with Crippen molar-refractivity contribution < 1.29 is 22.7 Å². The standard InChI is InChI=1S/C12H10F3NO2/c1-2-18-11(17)5-3-4-9-6-7-16-10(8-9)12(13,14)15/h6-8H,2,5H2,1H3. The highest BCUT2D eigenvalue weighted by Crippen LogP contribution is 2.27. The summed E-state index contributed by atoms with van der Waals surface area (Å²) in [6.45, 7) is 1.90. The number of ether oxygens (including phenoxy) is 1. The lowest BCUT2D eigenvalue weighted by Crippen LogP contribution is -2.07. The molecule has 1 aromatic heterocycles. The zero-order valence-electron chi connectivity index (χ0n) is 9.54. The fourth-order valence-electron chi connectivity index (χ4n) is 1.09. The predicted octanol–water partition coefficient (Wildman–Crippen LogP) is 2.41. The molecule has 6 heteroatoms. The molecule has 0 N–H and O–H groups in total. The van der Waals surface area contributed by atoms with Crippen molar-refractivity contribution in [1.82, 2.24) is 4.98 Å². The SMILES string of the molecule is CCOC(=O)CC#Cc1ccnc(C(F)(F)F)c1. The maximum atomic E-state index is 12.3. The molecular weight excluding hydrogens is 247 g/mol. The van der Waals surface area contributed by atoms with Gasteiger partial charge in [-0.3, -0.25) is 9.78 Å². The zero-order chi connectivity index (χ0) is 13.6. The summed E-state index contributed by atoms with van der Waals surface area (Å²) in [6.07, 6.45) is -3.63. The Hall–Kier alpha value is -2.03. The number of rotatable bonds is 2. The summed E-state index contributed by atoms with van der Waals surface area (Å²) in [5.74, 6) is 4.40. The van der Waals surface area contributed by atoms with Crippen LogP contribution in [0.3, 0.4) is 0 Å². The molecule has 1 heterocycles. The van der Waals surface area contributed by atoms with E-state index >= 15 is 0 Å². The van der Waals surface area contributed by atoms with E-state index in [4.69, 9.17) is 0 Å². The fourth-order valence-corrected chi connectivity index (χ4v) is 1.09. The van der Waals surface area contributed by atoms with Crippen LogP contribution in [0, 0.1) is 11.8 Å². The molecule has 0 aliphatic rings. The third-order valence-electron chi connectivity index (χ3n) is 1.82. The molecule has 96 valence electrons. The van der Waals surface area contributed by atoms with E-state index in [2.05, 4.69) is 21.6 Å². The minimum absolute atomic E-state index is 0.154. The molecule has 0 bridgehead atoms. The van der Waals surface area contributed by atoms with Gasteiger partial charge in [-0.05, 0) is 19.1 Å². The monoisotopic (exact) mass is 257 g/mol. The number of esters is 1. The summed E-state index contributed by atoms with van der Waals surface area (Å²) < 4.78 is 41.6. The van der Waals surface area contributed by atoms with Crippen molar-refractivity contribution in [3.05, 3.63) is 29.6 Å². The summed E-state index contributed by atoms with van der Waals surface area (Å²) in [5, 5.41) is 0. The van der Waals surface area contributed by atoms with E-state index in [0.717, 1.165) is 12.3 Å². The number of nitrogens with zero attached hydrogens (tertiary/aromatic N) is 1. The predicted molar refractivity (Wildman–Crippen MR) is 57.4 cm³/mol. The molecule has 3 nitrogen and oxygen atoms in total. The van der Waals surface area contributed by atoms with E-state index in [9.17, 15) is 18.0 Å². The molecule has 0 saturated heterocycles. The molecule has 0 radical (unpaired) electrons. The summed E-state index contributed by atoms with van der Waals surface area (Å²) >= 11 is 0. The largest absolute Gasteiger partial charge is 0.465 e. The van der Waals surface area contributed by atoms with Gasteiger partial charge in [0.1, 0.15) is 12.1 Å². The van der Waals surface area contributed by atoms with Gasteiger partial charge in [0.15, 0.2) is 0 Å². The second-order valence-corrected chi connectivity index (χ2v) is 3.21. The van der Waals surface area contributed by atoms with Crippen molar-refractivity contribution in [2.75, 3.05) is 6.61 Å². The van der Waals surface area contributed by atoms with E-state index in [1.54, 1.807) is 6.92 Å². The number of aromatic nitrogens is 1. The maximum absolute atomic E-state index is 12.3. The Labute approximate surface area is 102 Å². The molecule has 0 spiro atoms. The lowest BCUT2D eigenvalue weighted by atomic mass is 10.2. The molecule has 0 amide bonds. The van der Waals surface area contributed by atoms with Crippen LogP contribution < -0.4 is 0 Å². The van der Waals surface area contributed by atoms with Crippen molar-refractivity contribution in [1.29, 1.82) is 0 Å². The van der Waals surface area contributed by atoms with E-state index in [-0.39, 0.29) is 18.6 Å². The van der Waals surface area contributed by atoms with Crippen LogP contribution in [0.2, 0.25) is 0 Å². The normalized spacial score (nSPS) is 10.4. The van der Waals surface area contributed by atoms with Crippen LogP contribution in [0.25, 0.3) is 0 Å². The van der Waals surface area contributed by atoms with E-state index in [1.165, 1.54) is 6.07 Å². The van der Waals surface area contributed by atoms with E-state index < -0.39 is 17.8 Å². The number of halogens is 3. The molecule has 1 aromatic rings. The second-order valence-electron chi connectivity index (χ2n) is 3.21. The third kappa shape index (κ3) is 4.45. The number of carbonyl (C=O) groups is 1. The summed E-state index contributed by atoms with van der Waals surface area (Å²) in [7, 11) is 0. The van der Waals surface area contributed by atoms with E-state index in [0.29, 0.717) is 0 Å². The summed E-state index contributed by atoms with van der Waals surface area (Å²) in [4.78, 5) is 14.1. The van der Waals surface area contributed by atoms with Crippen LogP contribution in [-0.4, -0.2) is 17.6 Å². The Morgan fingerprint density at radius 1 is 1.50 bits per heavy atom. The van der Waals surface area contributed by atoms with Gasteiger partial charge in [-0.15, -0.1) is 0 Å². The van der Waals surface area contributed by atoms with Gasteiger partial charge in [-0.1, -0.05) is 11.8 Å².